The van der Waals surface area contributed by atoms with Crippen LogP contribution in [-0.4, -0.2) is 5.11 Å². The minimum absolute atomic E-state index is 0.0530. The van der Waals surface area contributed by atoms with Gasteiger partial charge >= 0.3 is 0 Å². The van der Waals surface area contributed by atoms with Crippen LogP contribution in [-0.2, 0) is 5.54 Å². The summed E-state index contributed by atoms with van der Waals surface area (Å²) in [5, 5.41) is 18.5. The second kappa shape index (κ2) is 3.00. The van der Waals surface area contributed by atoms with Crippen molar-refractivity contribution in [3.63, 3.8) is 0 Å². The molecule has 3 nitrogen and oxygen atoms in total. The van der Waals surface area contributed by atoms with Crippen molar-refractivity contribution in [1.82, 2.24) is 0 Å². The number of benzene rings is 1. The molecule has 3 N–H and O–H groups in total. The van der Waals surface area contributed by atoms with Gasteiger partial charge in [0.25, 0.3) is 0 Å². The van der Waals surface area contributed by atoms with E-state index in [2.05, 4.69) is 0 Å². The highest BCUT2D eigenvalue weighted by atomic mass is 16.3. The molecule has 1 aromatic carbocycles. The summed E-state index contributed by atoms with van der Waals surface area (Å²) in [5.74, 6) is 0.0530. The lowest BCUT2D eigenvalue weighted by Gasteiger charge is -2.38. The third-order valence-corrected chi connectivity index (χ3v) is 2.94. The average molecular weight is 188 g/mol. The van der Waals surface area contributed by atoms with Crippen LogP contribution >= 0.6 is 0 Å². The highest BCUT2D eigenvalue weighted by molar-refractivity contribution is 5.50. The Morgan fingerprint density at radius 3 is 2.64 bits per heavy atom. The van der Waals surface area contributed by atoms with Gasteiger partial charge in [-0.1, -0.05) is 12.1 Å². The number of aromatic hydroxyl groups is 1. The van der Waals surface area contributed by atoms with Gasteiger partial charge in [0, 0.05) is 11.1 Å². The summed E-state index contributed by atoms with van der Waals surface area (Å²) in [5.41, 5.74) is 6.69. The monoisotopic (exact) mass is 188 g/mol. The molecule has 0 aliphatic heterocycles. The van der Waals surface area contributed by atoms with Gasteiger partial charge in [-0.15, -0.1) is 0 Å². The number of rotatable bonds is 1. The molecule has 0 atom stereocenters. The van der Waals surface area contributed by atoms with Crippen LogP contribution in [0, 0.1) is 11.3 Å². The van der Waals surface area contributed by atoms with Crippen LogP contribution < -0.4 is 5.73 Å². The molecule has 14 heavy (non-hydrogen) atoms. The summed E-state index contributed by atoms with van der Waals surface area (Å²) in [6.07, 6.45) is 2.86. The molecule has 1 saturated carbocycles. The van der Waals surface area contributed by atoms with Crippen LogP contribution in [0.15, 0.2) is 18.2 Å². The predicted octanol–water partition coefficient (Wildman–Crippen LogP) is 1.60. The van der Waals surface area contributed by atoms with E-state index in [1.54, 1.807) is 18.2 Å². The van der Waals surface area contributed by atoms with Crippen LogP contribution in [0.4, 0.5) is 0 Å². The topological polar surface area (TPSA) is 70.0 Å². The van der Waals surface area contributed by atoms with E-state index in [-0.39, 0.29) is 5.75 Å². The van der Waals surface area contributed by atoms with Crippen LogP contribution in [0.1, 0.15) is 30.4 Å². The fourth-order valence-corrected chi connectivity index (χ4v) is 1.86. The Bertz CT molecular complexity index is 402. The molecular formula is C11H12N2O. The van der Waals surface area contributed by atoms with Gasteiger partial charge in [-0.2, -0.15) is 5.26 Å². The van der Waals surface area contributed by atoms with Crippen molar-refractivity contribution >= 4 is 0 Å². The van der Waals surface area contributed by atoms with Crippen molar-refractivity contribution in [2.45, 2.75) is 24.8 Å². The Kier molecular flexibility index (Phi) is 1.94. The normalized spacial score (nSPS) is 18.3. The van der Waals surface area contributed by atoms with E-state index >= 15 is 0 Å². The van der Waals surface area contributed by atoms with Gasteiger partial charge in [0.1, 0.15) is 11.8 Å². The van der Waals surface area contributed by atoms with Crippen molar-refractivity contribution in [3.05, 3.63) is 29.3 Å². The lowest BCUT2D eigenvalue weighted by Crippen LogP contribution is -2.43. The van der Waals surface area contributed by atoms with Gasteiger partial charge in [0.15, 0.2) is 0 Å². The molecule has 0 spiro atoms. The quantitative estimate of drug-likeness (QED) is 0.703. The van der Waals surface area contributed by atoms with Crippen LogP contribution in [0.2, 0.25) is 0 Å². The smallest absolute Gasteiger partial charge is 0.138 e. The summed E-state index contributed by atoms with van der Waals surface area (Å²) in [4.78, 5) is 0. The number of phenolic OH excluding ortho intramolecular Hbond substituents is 1. The van der Waals surface area contributed by atoms with Gasteiger partial charge in [-0.25, -0.2) is 0 Å². The SMILES string of the molecule is N#Cc1cccc(C2(N)CCC2)c1O. The van der Waals surface area contributed by atoms with Crippen molar-refractivity contribution in [3.8, 4) is 11.8 Å². The summed E-state index contributed by atoms with van der Waals surface area (Å²) < 4.78 is 0. The Labute approximate surface area is 82.8 Å². The zero-order valence-corrected chi connectivity index (χ0v) is 7.83. The van der Waals surface area contributed by atoms with Crippen molar-refractivity contribution in [1.29, 1.82) is 5.26 Å². The third kappa shape index (κ3) is 1.16. The lowest BCUT2D eigenvalue weighted by atomic mass is 9.72. The summed E-state index contributed by atoms with van der Waals surface area (Å²) in [6.45, 7) is 0. The van der Waals surface area contributed by atoms with Gasteiger partial charge in [0.05, 0.1) is 5.56 Å². The van der Waals surface area contributed by atoms with E-state index in [0.717, 1.165) is 19.3 Å². The molecule has 2 rings (SSSR count). The number of nitriles is 1. The molecule has 0 saturated heterocycles. The van der Waals surface area contributed by atoms with E-state index < -0.39 is 5.54 Å². The molecule has 0 unspecified atom stereocenters. The summed E-state index contributed by atoms with van der Waals surface area (Å²) in [6, 6.07) is 7.11. The number of nitrogens with zero attached hydrogens (tertiary/aromatic N) is 1. The molecule has 1 aliphatic rings. The van der Waals surface area contributed by atoms with Crippen molar-refractivity contribution < 1.29 is 5.11 Å². The highest BCUT2D eigenvalue weighted by Gasteiger charge is 2.36. The average Bonchev–Trinajstić information content (AvgIpc) is 2.15. The van der Waals surface area contributed by atoms with Gasteiger partial charge in [0.2, 0.25) is 0 Å². The molecular weight excluding hydrogens is 176 g/mol. The maximum absolute atomic E-state index is 9.79. The maximum Gasteiger partial charge on any atom is 0.138 e. The van der Waals surface area contributed by atoms with Crippen LogP contribution in [0.5, 0.6) is 5.75 Å². The standard InChI is InChI=1S/C11H12N2O/c12-7-8-3-1-4-9(10(8)14)11(13)5-2-6-11/h1,3-4,14H,2,5-6,13H2. The van der Waals surface area contributed by atoms with Crippen molar-refractivity contribution in [2.75, 3.05) is 0 Å². The molecule has 0 amide bonds. The molecule has 0 aromatic heterocycles. The number of hydrogen-bond acceptors (Lipinski definition) is 3. The zero-order chi connectivity index (χ0) is 10.2. The fourth-order valence-electron chi connectivity index (χ4n) is 1.86. The Morgan fingerprint density at radius 2 is 2.14 bits per heavy atom. The van der Waals surface area contributed by atoms with Gasteiger partial charge in [-0.05, 0) is 25.3 Å². The van der Waals surface area contributed by atoms with Crippen molar-refractivity contribution in [2.24, 2.45) is 5.73 Å². The Hall–Kier alpha value is -1.53. The van der Waals surface area contributed by atoms with Crippen LogP contribution in [0.3, 0.4) is 0 Å². The minimum atomic E-state index is -0.406. The van der Waals surface area contributed by atoms with E-state index in [0.29, 0.717) is 11.1 Å². The van der Waals surface area contributed by atoms with E-state index in [1.807, 2.05) is 6.07 Å². The third-order valence-electron chi connectivity index (χ3n) is 2.94. The van der Waals surface area contributed by atoms with Gasteiger partial charge in [-0.3, -0.25) is 0 Å². The predicted molar refractivity (Wildman–Crippen MR) is 52.5 cm³/mol. The zero-order valence-electron chi connectivity index (χ0n) is 7.83. The van der Waals surface area contributed by atoms with E-state index in [1.165, 1.54) is 0 Å². The van der Waals surface area contributed by atoms with E-state index in [4.69, 9.17) is 11.0 Å². The number of phenols is 1. The second-order valence-electron chi connectivity index (χ2n) is 3.82. The molecule has 1 aliphatic carbocycles. The largest absolute Gasteiger partial charge is 0.506 e. The minimum Gasteiger partial charge on any atom is -0.506 e. The summed E-state index contributed by atoms with van der Waals surface area (Å²) in [7, 11) is 0. The first-order valence-electron chi connectivity index (χ1n) is 4.69. The number of nitrogens with two attached hydrogens (primary N) is 1. The molecule has 0 bridgehead atoms. The highest BCUT2D eigenvalue weighted by Crippen LogP contribution is 2.43. The second-order valence-corrected chi connectivity index (χ2v) is 3.82. The maximum atomic E-state index is 9.79. The molecule has 0 heterocycles. The number of para-hydroxylation sites is 1. The van der Waals surface area contributed by atoms with E-state index in [9.17, 15) is 5.11 Å². The Morgan fingerprint density at radius 1 is 1.43 bits per heavy atom. The molecule has 72 valence electrons. The first kappa shape index (κ1) is 9.04. The summed E-state index contributed by atoms with van der Waals surface area (Å²) >= 11 is 0. The molecule has 1 aromatic rings. The first-order valence-corrected chi connectivity index (χ1v) is 4.69. The molecule has 3 heteroatoms. The first-order chi connectivity index (χ1) is 6.67. The lowest BCUT2D eigenvalue weighted by molar-refractivity contribution is 0.245. The molecule has 1 fully saturated rings. The number of hydrogen-bond donors (Lipinski definition) is 2. The fraction of sp³-hybridized carbons (Fsp3) is 0.364. The Balaban J connectivity index is 2.49. The molecule has 0 radical (unpaired) electrons. The van der Waals surface area contributed by atoms with Gasteiger partial charge < -0.3 is 10.8 Å². The van der Waals surface area contributed by atoms with Crippen LogP contribution in [0.25, 0.3) is 0 Å².